The summed E-state index contributed by atoms with van der Waals surface area (Å²) in [7, 11) is 3.41. The van der Waals surface area contributed by atoms with Gasteiger partial charge >= 0.3 is 0 Å². The van der Waals surface area contributed by atoms with Crippen molar-refractivity contribution in [1.82, 2.24) is 15.0 Å². The SMILES string of the molecule is CN(C)C(=O)Sc1ccc(NC(=O)c2ccccc2-c2nc(C(C)(C)C)no2)cc1. The number of rotatable bonds is 4. The van der Waals surface area contributed by atoms with Crippen LogP contribution >= 0.6 is 11.8 Å². The number of amides is 2. The zero-order valence-electron chi connectivity index (χ0n) is 17.6. The summed E-state index contributed by atoms with van der Waals surface area (Å²) in [5.41, 5.74) is 1.37. The molecule has 0 aliphatic rings. The van der Waals surface area contributed by atoms with Crippen LogP contribution in [-0.2, 0) is 5.41 Å². The quantitative estimate of drug-likeness (QED) is 0.589. The average molecular weight is 425 g/mol. The molecule has 0 aliphatic carbocycles. The van der Waals surface area contributed by atoms with E-state index in [1.54, 1.807) is 56.6 Å². The van der Waals surface area contributed by atoms with Crippen LogP contribution in [0.15, 0.2) is 57.9 Å². The van der Waals surface area contributed by atoms with Crippen LogP contribution in [0.5, 0.6) is 0 Å². The molecular formula is C22H24N4O3S. The van der Waals surface area contributed by atoms with E-state index in [2.05, 4.69) is 15.5 Å². The lowest BCUT2D eigenvalue weighted by Gasteiger charge is -2.11. The van der Waals surface area contributed by atoms with Crippen molar-refractivity contribution < 1.29 is 14.1 Å². The maximum absolute atomic E-state index is 12.9. The fraction of sp³-hybridized carbons (Fsp3) is 0.273. The minimum absolute atomic E-state index is 0.0603. The van der Waals surface area contributed by atoms with E-state index in [0.717, 1.165) is 16.7 Å². The van der Waals surface area contributed by atoms with Gasteiger partial charge in [-0.1, -0.05) is 38.1 Å². The zero-order chi connectivity index (χ0) is 21.9. The first-order valence-corrected chi connectivity index (χ1v) is 10.2. The van der Waals surface area contributed by atoms with E-state index < -0.39 is 0 Å². The molecule has 156 valence electrons. The van der Waals surface area contributed by atoms with E-state index in [9.17, 15) is 9.59 Å². The standard InChI is InChI=1S/C22H24N4O3S/c1-22(2,3)20-24-19(29-25-20)17-9-7-6-8-16(17)18(27)23-14-10-12-15(13-11-14)30-21(28)26(4)5/h6-13H,1-5H3,(H,23,27). The Morgan fingerprint density at radius 3 is 2.30 bits per heavy atom. The molecule has 0 unspecified atom stereocenters. The van der Waals surface area contributed by atoms with E-state index in [-0.39, 0.29) is 16.6 Å². The Morgan fingerprint density at radius 2 is 1.70 bits per heavy atom. The maximum Gasteiger partial charge on any atom is 0.285 e. The number of hydrogen-bond acceptors (Lipinski definition) is 6. The molecule has 8 heteroatoms. The average Bonchev–Trinajstić information content (AvgIpc) is 3.20. The number of carbonyl (C=O) groups is 2. The molecule has 0 radical (unpaired) electrons. The number of nitrogens with zero attached hydrogens (tertiary/aromatic N) is 3. The Kier molecular flexibility index (Phi) is 6.26. The zero-order valence-corrected chi connectivity index (χ0v) is 18.4. The summed E-state index contributed by atoms with van der Waals surface area (Å²) in [6.45, 7) is 5.98. The van der Waals surface area contributed by atoms with Gasteiger partial charge in [0.25, 0.3) is 17.0 Å². The second-order valence-corrected chi connectivity index (χ2v) is 8.98. The fourth-order valence-electron chi connectivity index (χ4n) is 2.50. The summed E-state index contributed by atoms with van der Waals surface area (Å²) in [5.74, 6) is 0.596. The van der Waals surface area contributed by atoms with Crippen LogP contribution in [-0.4, -0.2) is 40.3 Å². The lowest BCUT2D eigenvalue weighted by molar-refractivity contribution is 0.102. The molecule has 7 nitrogen and oxygen atoms in total. The van der Waals surface area contributed by atoms with Crippen molar-refractivity contribution in [3.05, 3.63) is 59.9 Å². The first-order chi connectivity index (χ1) is 14.1. The van der Waals surface area contributed by atoms with Crippen LogP contribution < -0.4 is 5.32 Å². The minimum atomic E-state index is -0.286. The highest BCUT2D eigenvalue weighted by Gasteiger charge is 2.23. The summed E-state index contributed by atoms with van der Waals surface area (Å²) < 4.78 is 5.41. The van der Waals surface area contributed by atoms with Gasteiger partial charge in [-0.15, -0.1) is 0 Å². The summed E-state index contributed by atoms with van der Waals surface area (Å²) in [6.07, 6.45) is 0. The predicted molar refractivity (Wildman–Crippen MR) is 118 cm³/mol. The second-order valence-electron chi connectivity index (χ2n) is 7.96. The van der Waals surface area contributed by atoms with E-state index in [1.165, 1.54) is 4.90 Å². The van der Waals surface area contributed by atoms with Crippen molar-refractivity contribution in [2.45, 2.75) is 31.1 Å². The molecule has 0 aliphatic heterocycles. The van der Waals surface area contributed by atoms with Gasteiger partial charge in [-0.05, 0) is 48.2 Å². The normalized spacial score (nSPS) is 11.2. The van der Waals surface area contributed by atoms with Crippen molar-refractivity contribution in [3.8, 4) is 11.5 Å². The maximum atomic E-state index is 12.9. The van der Waals surface area contributed by atoms with E-state index >= 15 is 0 Å². The van der Waals surface area contributed by atoms with Gasteiger partial charge in [-0.2, -0.15) is 4.98 Å². The molecule has 0 bridgehead atoms. The smallest absolute Gasteiger partial charge is 0.285 e. The van der Waals surface area contributed by atoms with Gasteiger partial charge in [-0.3, -0.25) is 9.59 Å². The molecular weight excluding hydrogens is 400 g/mol. The lowest BCUT2D eigenvalue weighted by atomic mass is 9.96. The van der Waals surface area contributed by atoms with Gasteiger partial charge in [0, 0.05) is 30.1 Å². The summed E-state index contributed by atoms with van der Waals surface area (Å²) in [6, 6.07) is 14.2. The fourth-order valence-corrected chi connectivity index (χ4v) is 3.16. The monoisotopic (exact) mass is 424 g/mol. The lowest BCUT2D eigenvalue weighted by Crippen LogP contribution is -2.16. The van der Waals surface area contributed by atoms with Crippen LogP contribution in [0.2, 0.25) is 0 Å². The van der Waals surface area contributed by atoms with Crippen molar-refractivity contribution in [3.63, 3.8) is 0 Å². The number of benzene rings is 2. The van der Waals surface area contributed by atoms with Crippen LogP contribution in [0.4, 0.5) is 10.5 Å². The van der Waals surface area contributed by atoms with Crippen LogP contribution in [0, 0.1) is 0 Å². The molecule has 0 saturated carbocycles. The molecule has 2 amide bonds. The van der Waals surface area contributed by atoms with Gasteiger partial charge in [0.1, 0.15) is 0 Å². The molecule has 2 aromatic carbocycles. The third kappa shape index (κ3) is 5.07. The molecule has 3 aromatic rings. The highest BCUT2D eigenvalue weighted by Crippen LogP contribution is 2.27. The molecule has 3 rings (SSSR count). The van der Waals surface area contributed by atoms with E-state index in [1.807, 2.05) is 26.8 Å². The number of anilines is 1. The Labute approximate surface area is 179 Å². The molecule has 0 spiro atoms. The van der Waals surface area contributed by atoms with E-state index in [4.69, 9.17) is 4.52 Å². The second kappa shape index (κ2) is 8.71. The number of carbonyl (C=O) groups excluding carboxylic acids is 2. The largest absolute Gasteiger partial charge is 0.339 e. The van der Waals surface area contributed by atoms with Gasteiger partial charge in [0.2, 0.25) is 0 Å². The van der Waals surface area contributed by atoms with Gasteiger partial charge in [0.05, 0.1) is 11.1 Å². The highest BCUT2D eigenvalue weighted by atomic mass is 32.2. The number of nitrogens with one attached hydrogen (secondary N) is 1. The topological polar surface area (TPSA) is 88.3 Å². The molecule has 1 N–H and O–H groups in total. The molecule has 0 atom stereocenters. The molecule has 0 saturated heterocycles. The Morgan fingerprint density at radius 1 is 1.03 bits per heavy atom. The Bertz CT molecular complexity index is 1050. The number of aromatic nitrogens is 2. The minimum Gasteiger partial charge on any atom is -0.339 e. The number of thioether (sulfide) groups is 1. The first-order valence-electron chi connectivity index (χ1n) is 9.39. The molecule has 30 heavy (non-hydrogen) atoms. The van der Waals surface area contributed by atoms with Crippen molar-refractivity contribution >= 4 is 28.6 Å². The third-order valence-electron chi connectivity index (χ3n) is 4.18. The third-order valence-corrected chi connectivity index (χ3v) is 5.23. The van der Waals surface area contributed by atoms with Crippen molar-refractivity contribution in [2.75, 3.05) is 19.4 Å². The van der Waals surface area contributed by atoms with Crippen LogP contribution in [0.1, 0.15) is 37.0 Å². The Hall–Kier alpha value is -3.13. The first kappa shape index (κ1) is 21.6. The van der Waals surface area contributed by atoms with E-state index in [0.29, 0.717) is 28.5 Å². The van der Waals surface area contributed by atoms with Gasteiger partial charge in [-0.25, -0.2) is 0 Å². The Balaban J connectivity index is 1.78. The summed E-state index contributed by atoms with van der Waals surface area (Å²) in [5, 5.41) is 6.86. The van der Waals surface area contributed by atoms with Crippen LogP contribution in [0.25, 0.3) is 11.5 Å². The molecule has 0 fully saturated rings. The van der Waals surface area contributed by atoms with Crippen molar-refractivity contribution in [2.24, 2.45) is 0 Å². The van der Waals surface area contributed by atoms with Crippen molar-refractivity contribution in [1.29, 1.82) is 0 Å². The molecule has 1 heterocycles. The van der Waals surface area contributed by atoms with Gasteiger partial charge in [0.15, 0.2) is 5.82 Å². The summed E-state index contributed by atoms with van der Waals surface area (Å²) >= 11 is 1.13. The van der Waals surface area contributed by atoms with Gasteiger partial charge < -0.3 is 14.7 Å². The van der Waals surface area contributed by atoms with Crippen LogP contribution in [0.3, 0.4) is 0 Å². The summed E-state index contributed by atoms with van der Waals surface area (Å²) in [4.78, 5) is 31.5. The predicted octanol–water partition coefficient (Wildman–Crippen LogP) is 5.06. The highest BCUT2D eigenvalue weighted by molar-refractivity contribution is 8.13. The molecule has 1 aromatic heterocycles. The number of hydrogen-bond donors (Lipinski definition) is 1.